The molecule has 1 aromatic carbocycles. The van der Waals surface area contributed by atoms with Crippen LogP contribution in [-0.4, -0.2) is 19.7 Å². The lowest BCUT2D eigenvalue weighted by Gasteiger charge is -2.08. The number of rotatable bonds is 2. The van der Waals surface area contributed by atoms with Crippen LogP contribution in [0.2, 0.25) is 0 Å². The molecule has 0 saturated heterocycles. The molecule has 88 valence electrons. The zero-order valence-corrected chi connectivity index (χ0v) is 10.1. The molecule has 5 heteroatoms. The van der Waals surface area contributed by atoms with Crippen LogP contribution >= 0.6 is 0 Å². The Morgan fingerprint density at radius 1 is 1.18 bits per heavy atom. The minimum atomic E-state index is -3.26. The van der Waals surface area contributed by atoms with Crippen LogP contribution in [0.25, 0.3) is 11.1 Å². The molecule has 0 aliphatic heterocycles. The molecular weight excluding hydrogens is 236 g/mol. The molecule has 0 atom stereocenters. The normalized spacial score (nSPS) is 11.4. The fourth-order valence-corrected chi connectivity index (χ4v) is 2.56. The van der Waals surface area contributed by atoms with Gasteiger partial charge in [0.1, 0.15) is 5.82 Å². The number of aromatic nitrogens is 1. The number of nitrogen functional groups attached to an aromatic ring is 1. The van der Waals surface area contributed by atoms with Gasteiger partial charge in [-0.25, -0.2) is 13.4 Å². The van der Waals surface area contributed by atoms with Crippen molar-refractivity contribution in [1.82, 2.24) is 4.98 Å². The Hall–Kier alpha value is -1.88. The molecule has 0 fully saturated rings. The molecule has 17 heavy (non-hydrogen) atoms. The van der Waals surface area contributed by atoms with Crippen molar-refractivity contribution in [2.24, 2.45) is 0 Å². The minimum Gasteiger partial charge on any atom is -0.384 e. The number of anilines is 1. The van der Waals surface area contributed by atoms with E-state index in [0.717, 1.165) is 5.56 Å². The second-order valence-corrected chi connectivity index (χ2v) is 5.72. The first-order chi connectivity index (χ1) is 7.98. The van der Waals surface area contributed by atoms with Gasteiger partial charge in [-0.15, -0.1) is 0 Å². The monoisotopic (exact) mass is 248 g/mol. The summed E-state index contributed by atoms with van der Waals surface area (Å²) in [5.41, 5.74) is 6.99. The van der Waals surface area contributed by atoms with Gasteiger partial charge in [0.25, 0.3) is 0 Å². The van der Waals surface area contributed by atoms with E-state index in [0.29, 0.717) is 16.3 Å². The highest BCUT2D eigenvalue weighted by molar-refractivity contribution is 7.90. The second kappa shape index (κ2) is 4.18. The molecule has 4 nitrogen and oxygen atoms in total. The van der Waals surface area contributed by atoms with Gasteiger partial charge in [-0.3, -0.25) is 0 Å². The number of sulfone groups is 1. The van der Waals surface area contributed by atoms with E-state index in [9.17, 15) is 8.42 Å². The van der Waals surface area contributed by atoms with Crippen molar-refractivity contribution in [2.45, 2.75) is 4.90 Å². The third-order valence-electron chi connectivity index (χ3n) is 2.38. The van der Waals surface area contributed by atoms with Crippen LogP contribution in [0.5, 0.6) is 0 Å². The summed E-state index contributed by atoms with van der Waals surface area (Å²) in [6, 6.07) is 10.2. The molecule has 2 rings (SSSR count). The molecular formula is C12H12N2O2S. The Labute approximate surface area is 100 Å². The largest absolute Gasteiger partial charge is 0.384 e. The van der Waals surface area contributed by atoms with Crippen molar-refractivity contribution in [1.29, 1.82) is 0 Å². The number of nitrogens with two attached hydrogens (primary N) is 1. The van der Waals surface area contributed by atoms with E-state index in [1.54, 1.807) is 42.6 Å². The molecule has 2 aromatic rings. The Balaban J connectivity index is 2.69. The van der Waals surface area contributed by atoms with Crippen LogP contribution in [0.4, 0.5) is 5.82 Å². The highest BCUT2D eigenvalue weighted by atomic mass is 32.2. The number of nitrogens with zero attached hydrogens (tertiary/aromatic N) is 1. The Bertz CT molecular complexity index is 651. The van der Waals surface area contributed by atoms with Crippen LogP contribution in [0, 0.1) is 0 Å². The van der Waals surface area contributed by atoms with Gasteiger partial charge in [-0.05, 0) is 23.8 Å². The lowest BCUT2D eigenvalue weighted by molar-refractivity contribution is 0.602. The van der Waals surface area contributed by atoms with Crippen LogP contribution in [-0.2, 0) is 9.84 Å². The summed E-state index contributed by atoms with van der Waals surface area (Å²) in [6.07, 6.45) is 2.75. The number of pyridine rings is 1. The molecule has 1 heterocycles. The highest BCUT2D eigenvalue weighted by Gasteiger charge is 2.13. The molecule has 0 amide bonds. The summed E-state index contributed by atoms with van der Waals surface area (Å²) in [5.74, 6) is 0.366. The van der Waals surface area contributed by atoms with Crippen molar-refractivity contribution >= 4 is 15.7 Å². The molecule has 0 aliphatic rings. The highest BCUT2D eigenvalue weighted by Crippen LogP contribution is 2.27. The number of hydrogen-bond acceptors (Lipinski definition) is 4. The molecule has 0 spiro atoms. The predicted molar refractivity (Wildman–Crippen MR) is 67.2 cm³/mol. The standard InChI is InChI=1S/C12H12N2O2S/c1-17(15,16)11-5-3-2-4-10(11)9-6-7-14-12(13)8-9/h2-8H,1H3,(H2,13,14). The van der Waals surface area contributed by atoms with E-state index in [1.807, 2.05) is 0 Å². The maximum absolute atomic E-state index is 11.7. The Kier molecular flexibility index (Phi) is 2.85. The van der Waals surface area contributed by atoms with Crippen LogP contribution in [0.1, 0.15) is 0 Å². The van der Waals surface area contributed by atoms with Crippen molar-refractivity contribution in [3.63, 3.8) is 0 Å². The maximum atomic E-state index is 11.7. The van der Waals surface area contributed by atoms with E-state index < -0.39 is 9.84 Å². The topological polar surface area (TPSA) is 73.0 Å². The van der Waals surface area contributed by atoms with Gasteiger partial charge in [-0.1, -0.05) is 18.2 Å². The molecule has 0 aliphatic carbocycles. The minimum absolute atomic E-state index is 0.297. The molecule has 2 N–H and O–H groups in total. The predicted octanol–water partition coefficient (Wildman–Crippen LogP) is 1.73. The van der Waals surface area contributed by atoms with E-state index >= 15 is 0 Å². The fourth-order valence-electron chi connectivity index (χ4n) is 1.64. The van der Waals surface area contributed by atoms with Gasteiger partial charge in [0, 0.05) is 18.0 Å². The van der Waals surface area contributed by atoms with E-state index in [-0.39, 0.29) is 0 Å². The summed E-state index contributed by atoms with van der Waals surface area (Å²) in [6.45, 7) is 0. The fraction of sp³-hybridized carbons (Fsp3) is 0.0833. The van der Waals surface area contributed by atoms with Gasteiger partial charge in [0.05, 0.1) is 4.90 Å². The summed E-state index contributed by atoms with van der Waals surface area (Å²) < 4.78 is 23.3. The van der Waals surface area contributed by atoms with E-state index in [2.05, 4.69) is 4.98 Å². The van der Waals surface area contributed by atoms with Crippen molar-refractivity contribution in [3.05, 3.63) is 42.6 Å². The molecule has 0 bridgehead atoms. The maximum Gasteiger partial charge on any atom is 0.176 e. The van der Waals surface area contributed by atoms with Gasteiger partial charge in [-0.2, -0.15) is 0 Å². The molecule has 1 aromatic heterocycles. The van der Waals surface area contributed by atoms with Crippen molar-refractivity contribution < 1.29 is 8.42 Å². The van der Waals surface area contributed by atoms with Gasteiger partial charge < -0.3 is 5.73 Å². The zero-order chi connectivity index (χ0) is 12.5. The molecule has 0 saturated carbocycles. The third kappa shape index (κ3) is 2.45. The zero-order valence-electron chi connectivity index (χ0n) is 9.29. The Morgan fingerprint density at radius 2 is 1.88 bits per heavy atom. The van der Waals surface area contributed by atoms with Crippen LogP contribution in [0.15, 0.2) is 47.5 Å². The summed E-state index contributed by atoms with van der Waals surface area (Å²) in [4.78, 5) is 4.18. The van der Waals surface area contributed by atoms with Gasteiger partial charge in [0.15, 0.2) is 9.84 Å². The summed E-state index contributed by atoms with van der Waals surface area (Å²) in [5, 5.41) is 0. The van der Waals surface area contributed by atoms with E-state index in [4.69, 9.17) is 5.73 Å². The smallest absolute Gasteiger partial charge is 0.176 e. The lowest BCUT2D eigenvalue weighted by Crippen LogP contribution is -2.00. The molecule has 0 unspecified atom stereocenters. The van der Waals surface area contributed by atoms with Crippen LogP contribution < -0.4 is 5.73 Å². The average molecular weight is 248 g/mol. The SMILES string of the molecule is CS(=O)(=O)c1ccccc1-c1ccnc(N)c1. The van der Waals surface area contributed by atoms with E-state index in [1.165, 1.54) is 6.26 Å². The van der Waals surface area contributed by atoms with Gasteiger partial charge >= 0.3 is 0 Å². The second-order valence-electron chi connectivity index (χ2n) is 3.74. The quantitative estimate of drug-likeness (QED) is 0.878. The first-order valence-corrected chi connectivity index (χ1v) is 6.88. The van der Waals surface area contributed by atoms with Crippen LogP contribution in [0.3, 0.4) is 0 Å². The lowest BCUT2D eigenvalue weighted by atomic mass is 10.1. The first kappa shape index (κ1) is 11.6. The van der Waals surface area contributed by atoms with Crippen molar-refractivity contribution in [2.75, 3.05) is 12.0 Å². The average Bonchev–Trinajstić information content (AvgIpc) is 2.28. The first-order valence-electron chi connectivity index (χ1n) is 4.99. The number of hydrogen-bond donors (Lipinski definition) is 1. The Morgan fingerprint density at radius 3 is 2.53 bits per heavy atom. The van der Waals surface area contributed by atoms with Crippen molar-refractivity contribution in [3.8, 4) is 11.1 Å². The summed E-state index contributed by atoms with van der Waals surface area (Å²) in [7, 11) is -3.26. The molecule has 0 radical (unpaired) electrons. The third-order valence-corrected chi connectivity index (χ3v) is 3.53. The summed E-state index contributed by atoms with van der Waals surface area (Å²) >= 11 is 0. The number of benzene rings is 1. The van der Waals surface area contributed by atoms with Gasteiger partial charge in [0.2, 0.25) is 0 Å².